The topological polar surface area (TPSA) is 17.0 Å². The molecular weight excluding hydrogens is 342 g/mol. The van der Waals surface area contributed by atoms with E-state index in [0.717, 1.165) is 6.61 Å². The molecule has 0 aromatic carbocycles. The summed E-state index contributed by atoms with van der Waals surface area (Å²) in [7, 11) is 4.51. The monoisotopic (exact) mass is 389 g/mol. The molecule has 0 aromatic heterocycles. The Bertz CT molecular complexity index is 251. The van der Waals surface area contributed by atoms with E-state index < -0.39 is 0 Å². The van der Waals surface area contributed by atoms with Crippen molar-refractivity contribution in [3.8, 4) is 0 Å². The largest absolute Gasteiger partial charge is 1.00 e. The molecule has 0 saturated carbocycles. The van der Waals surface area contributed by atoms with E-state index in [1.807, 2.05) is 0 Å². The number of hydrogen-bond donors (Lipinski definition) is 1. The molecule has 0 radical (unpaired) electrons. The van der Waals surface area contributed by atoms with Crippen molar-refractivity contribution in [3.63, 3.8) is 0 Å². The Morgan fingerprint density at radius 2 is 0.885 bits per heavy atom. The molecule has 26 heavy (non-hydrogen) atoms. The van der Waals surface area contributed by atoms with Crippen LogP contribution in [0.25, 0.3) is 0 Å². The van der Waals surface area contributed by atoms with Gasteiger partial charge in [0.15, 0.2) is 0 Å². The number of ether oxygens (including phenoxy) is 1. The van der Waals surface area contributed by atoms with Crippen LogP contribution in [0.15, 0.2) is 0 Å². The van der Waals surface area contributed by atoms with Crippen LogP contribution < -0.4 is 17.3 Å². The summed E-state index contributed by atoms with van der Waals surface area (Å²) in [4.78, 5) is 1.60. The van der Waals surface area contributed by atoms with Gasteiger partial charge >= 0.3 is 0 Å². The highest BCUT2D eigenvalue weighted by Crippen LogP contribution is 2.18. The molecular formula is C23H48ClNO. The summed E-state index contributed by atoms with van der Waals surface area (Å²) in [6, 6.07) is 0. The van der Waals surface area contributed by atoms with Gasteiger partial charge in [-0.25, -0.2) is 0 Å². The lowest BCUT2D eigenvalue weighted by atomic mass is 10.0. The van der Waals surface area contributed by atoms with Crippen LogP contribution in [0.3, 0.4) is 0 Å². The number of halogens is 1. The third kappa shape index (κ3) is 20.5. The van der Waals surface area contributed by atoms with E-state index in [1.165, 1.54) is 122 Å². The van der Waals surface area contributed by atoms with Crippen LogP contribution in [0.2, 0.25) is 0 Å². The van der Waals surface area contributed by atoms with Crippen molar-refractivity contribution in [2.45, 2.75) is 122 Å². The van der Waals surface area contributed by atoms with Crippen molar-refractivity contribution < 1.29 is 22.0 Å². The normalized spacial score (nSPS) is 16.0. The molecule has 1 heterocycles. The van der Waals surface area contributed by atoms with Gasteiger partial charge in [-0.05, 0) is 19.3 Å². The minimum Gasteiger partial charge on any atom is -1.00 e. The molecule has 0 spiro atoms. The molecule has 1 atom stereocenters. The molecule has 1 aliphatic heterocycles. The molecule has 0 bridgehead atoms. The fourth-order valence-electron chi connectivity index (χ4n) is 3.74. The second-order valence-electron chi connectivity index (χ2n) is 8.71. The molecule has 1 N–H and O–H groups in total. The molecule has 0 aromatic rings. The van der Waals surface area contributed by atoms with Crippen LogP contribution >= 0.6 is 0 Å². The predicted octanol–water partition coefficient (Wildman–Crippen LogP) is 2.56. The van der Waals surface area contributed by atoms with Crippen molar-refractivity contribution in [1.82, 2.24) is 0 Å². The summed E-state index contributed by atoms with van der Waals surface area (Å²) in [5.74, 6) is 0. The lowest BCUT2D eigenvalue weighted by Gasteiger charge is -2.06. The Morgan fingerprint density at radius 1 is 0.577 bits per heavy atom. The van der Waals surface area contributed by atoms with E-state index in [9.17, 15) is 0 Å². The number of epoxide rings is 1. The number of quaternary nitrogens is 1. The van der Waals surface area contributed by atoms with Gasteiger partial charge in [0, 0.05) is 0 Å². The maximum atomic E-state index is 5.25. The molecule has 1 saturated heterocycles. The maximum absolute atomic E-state index is 5.25. The Hall–Kier alpha value is 0.210. The molecule has 158 valence electrons. The number of hydrogen-bond acceptors (Lipinski definition) is 1. The van der Waals surface area contributed by atoms with Crippen LogP contribution in [-0.2, 0) is 4.74 Å². The van der Waals surface area contributed by atoms with Gasteiger partial charge in [0.2, 0.25) is 0 Å². The molecule has 1 rings (SSSR count). The zero-order chi connectivity index (χ0) is 18.0. The first kappa shape index (κ1) is 26.2. The second kappa shape index (κ2) is 20.0. The molecule has 0 amide bonds. The third-order valence-electron chi connectivity index (χ3n) is 5.61. The second-order valence-corrected chi connectivity index (χ2v) is 8.71. The Morgan fingerprint density at radius 3 is 1.19 bits per heavy atom. The quantitative estimate of drug-likeness (QED) is 0.250. The smallest absolute Gasteiger partial charge is 0.0810 e. The lowest BCUT2D eigenvalue weighted by molar-refractivity contribution is -0.858. The van der Waals surface area contributed by atoms with Gasteiger partial charge in [-0.1, -0.05) is 96.3 Å². The predicted molar refractivity (Wildman–Crippen MR) is 111 cm³/mol. The van der Waals surface area contributed by atoms with Crippen LogP contribution in [0.1, 0.15) is 116 Å². The van der Waals surface area contributed by atoms with Gasteiger partial charge in [0.05, 0.1) is 33.4 Å². The SMILES string of the molecule is C[NH+](C)CCCCCCCCCCCCCCCCCCCC1CO1.[Cl-]. The molecule has 1 unspecified atom stereocenters. The molecule has 1 fully saturated rings. The van der Waals surface area contributed by atoms with Gasteiger partial charge in [-0.3, -0.25) is 0 Å². The highest BCUT2D eigenvalue weighted by molar-refractivity contribution is 4.68. The first-order chi connectivity index (χ1) is 12.3. The van der Waals surface area contributed by atoms with Gasteiger partial charge in [-0.2, -0.15) is 0 Å². The van der Waals surface area contributed by atoms with Crippen molar-refractivity contribution in [2.24, 2.45) is 0 Å². The third-order valence-corrected chi connectivity index (χ3v) is 5.61. The van der Waals surface area contributed by atoms with Crippen LogP contribution in [0.5, 0.6) is 0 Å². The average molecular weight is 390 g/mol. The van der Waals surface area contributed by atoms with Crippen molar-refractivity contribution in [3.05, 3.63) is 0 Å². The maximum Gasteiger partial charge on any atom is 0.0810 e. The van der Waals surface area contributed by atoms with E-state index in [4.69, 9.17) is 4.74 Å². The Balaban J connectivity index is 0.00000625. The highest BCUT2D eigenvalue weighted by Gasteiger charge is 2.20. The molecule has 2 nitrogen and oxygen atoms in total. The Labute approximate surface area is 171 Å². The highest BCUT2D eigenvalue weighted by atomic mass is 35.5. The summed E-state index contributed by atoms with van der Waals surface area (Å²) in [5.41, 5.74) is 0. The summed E-state index contributed by atoms with van der Waals surface area (Å²) in [5, 5.41) is 0. The summed E-state index contributed by atoms with van der Waals surface area (Å²) >= 11 is 0. The van der Waals surface area contributed by atoms with Crippen LogP contribution in [-0.4, -0.2) is 33.4 Å². The minimum absolute atomic E-state index is 0. The van der Waals surface area contributed by atoms with Crippen molar-refractivity contribution >= 4 is 0 Å². The van der Waals surface area contributed by atoms with Gasteiger partial charge in [0.25, 0.3) is 0 Å². The Kier molecular flexibility index (Phi) is 20.1. The first-order valence-electron chi connectivity index (χ1n) is 11.7. The molecule has 3 heteroatoms. The number of rotatable bonds is 20. The minimum atomic E-state index is 0. The van der Waals surface area contributed by atoms with Crippen LogP contribution in [0.4, 0.5) is 0 Å². The van der Waals surface area contributed by atoms with E-state index in [0.29, 0.717) is 6.10 Å². The zero-order valence-corrected chi connectivity index (χ0v) is 18.8. The van der Waals surface area contributed by atoms with E-state index in [1.54, 1.807) is 4.90 Å². The molecule has 0 aliphatic carbocycles. The number of unbranched alkanes of at least 4 members (excludes halogenated alkanes) is 16. The zero-order valence-electron chi connectivity index (χ0n) is 18.0. The van der Waals surface area contributed by atoms with Crippen molar-refractivity contribution in [1.29, 1.82) is 0 Å². The van der Waals surface area contributed by atoms with Gasteiger partial charge in [0.1, 0.15) is 0 Å². The van der Waals surface area contributed by atoms with Crippen molar-refractivity contribution in [2.75, 3.05) is 27.2 Å². The van der Waals surface area contributed by atoms with Gasteiger partial charge in [-0.15, -0.1) is 0 Å². The lowest BCUT2D eigenvalue weighted by Crippen LogP contribution is -3.05. The standard InChI is InChI=1S/C23H47NO.ClH/c1-24(2)21-19-17-15-13-11-9-7-5-3-4-6-8-10-12-14-16-18-20-23-22-25-23;/h23H,3-22H2,1-2H3;1H. The summed E-state index contributed by atoms with van der Waals surface area (Å²) in [6.07, 6.45) is 26.8. The fraction of sp³-hybridized carbons (Fsp3) is 1.00. The first-order valence-corrected chi connectivity index (χ1v) is 11.7. The van der Waals surface area contributed by atoms with E-state index in [-0.39, 0.29) is 12.4 Å². The summed E-state index contributed by atoms with van der Waals surface area (Å²) in [6.45, 7) is 2.38. The fourth-order valence-corrected chi connectivity index (χ4v) is 3.74. The van der Waals surface area contributed by atoms with E-state index >= 15 is 0 Å². The molecule has 1 aliphatic rings. The van der Waals surface area contributed by atoms with E-state index in [2.05, 4.69) is 14.1 Å². The van der Waals surface area contributed by atoms with Crippen LogP contribution in [0, 0.1) is 0 Å². The average Bonchev–Trinajstić information content (AvgIpc) is 3.41. The summed E-state index contributed by atoms with van der Waals surface area (Å²) < 4.78 is 5.25. The number of nitrogens with one attached hydrogen (secondary N) is 1. The van der Waals surface area contributed by atoms with Gasteiger partial charge < -0.3 is 22.0 Å².